The Labute approximate surface area is 135 Å². The first-order valence-corrected chi connectivity index (χ1v) is 7.54. The van der Waals surface area contributed by atoms with Crippen molar-refractivity contribution in [3.63, 3.8) is 0 Å². The molecule has 2 aromatic carbocycles. The lowest BCUT2D eigenvalue weighted by Gasteiger charge is -2.11. The van der Waals surface area contributed by atoms with E-state index in [1.54, 1.807) is 12.1 Å². The molecule has 0 spiro atoms. The number of fused-ring (bicyclic) bond motifs is 1. The van der Waals surface area contributed by atoms with Crippen LogP contribution in [0.3, 0.4) is 0 Å². The van der Waals surface area contributed by atoms with Gasteiger partial charge < -0.3 is 15.2 Å². The summed E-state index contributed by atoms with van der Waals surface area (Å²) in [7, 11) is 4.12. The van der Waals surface area contributed by atoms with Crippen molar-refractivity contribution in [1.29, 1.82) is 5.26 Å². The van der Waals surface area contributed by atoms with Gasteiger partial charge in [-0.2, -0.15) is 5.26 Å². The Morgan fingerprint density at radius 1 is 1.17 bits per heavy atom. The zero-order chi connectivity index (χ0) is 16.2. The van der Waals surface area contributed by atoms with Crippen molar-refractivity contribution in [2.75, 3.05) is 32.5 Å². The predicted molar refractivity (Wildman–Crippen MR) is 93.3 cm³/mol. The molecule has 3 rings (SSSR count). The zero-order valence-electron chi connectivity index (χ0n) is 13.3. The molecule has 0 aliphatic heterocycles. The van der Waals surface area contributed by atoms with E-state index in [1.807, 2.05) is 18.2 Å². The number of benzene rings is 2. The van der Waals surface area contributed by atoms with Gasteiger partial charge in [0.05, 0.1) is 22.7 Å². The molecule has 0 aliphatic carbocycles. The number of anilines is 1. The Balaban J connectivity index is 1.78. The Bertz CT molecular complexity index is 840. The van der Waals surface area contributed by atoms with E-state index in [0.29, 0.717) is 5.56 Å². The summed E-state index contributed by atoms with van der Waals surface area (Å²) in [5, 5.41) is 12.3. The summed E-state index contributed by atoms with van der Waals surface area (Å²) in [6.07, 6.45) is 0. The fourth-order valence-corrected chi connectivity index (χ4v) is 2.38. The molecule has 0 saturated heterocycles. The number of hydrogen-bond acceptors (Lipinski definition) is 4. The van der Waals surface area contributed by atoms with Crippen LogP contribution in [0.2, 0.25) is 0 Å². The minimum absolute atomic E-state index is 0.621. The molecule has 3 aromatic rings. The Morgan fingerprint density at radius 2 is 1.96 bits per heavy atom. The van der Waals surface area contributed by atoms with Crippen LogP contribution in [0.4, 0.5) is 5.69 Å². The number of imidazole rings is 1. The SMILES string of the molecule is CN(C)CCNc1ccc(-c2nc3cc(C#N)ccc3[nH]2)cc1. The Morgan fingerprint density at radius 3 is 2.65 bits per heavy atom. The smallest absolute Gasteiger partial charge is 0.138 e. The average Bonchev–Trinajstić information content (AvgIpc) is 2.98. The molecule has 0 fully saturated rings. The molecule has 0 unspecified atom stereocenters. The van der Waals surface area contributed by atoms with Crippen LogP contribution in [0.25, 0.3) is 22.4 Å². The number of hydrogen-bond donors (Lipinski definition) is 2. The van der Waals surface area contributed by atoms with Gasteiger partial charge in [-0.3, -0.25) is 0 Å². The normalized spacial score (nSPS) is 10.9. The second-order valence-corrected chi connectivity index (χ2v) is 5.74. The number of aromatic nitrogens is 2. The maximum Gasteiger partial charge on any atom is 0.138 e. The van der Waals surface area contributed by atoms with E-state index in [9.17, 15) is 0 Å². The van der Waals surface area contributed by atoms with Gasteiger partial charge in [0.1, 0.15) is 5.82 Å². The summed E-state index contributed by atoms with van der Waals surface area (Å²) >= 11 is 0. The molecule has 1 heterocycles. The predicted octanol–water partition coefficient (Wildman–Crippen LogP) is 3.08. The molecular formula is C18H19N5. The van der Waals surface area contributed by atoms with Gasteiger partial charge in [0.15, 0.2) is 0 Å². The highest BCUT2D eigenvalue weighted by molar-refractivity contribution is 5.80. The van der Waals surface area contributed by atoms with Crippen molar-refractivity contribution in [2.24, 2.45) is 0 Å². The standard InChI is InChI=1S/C18H19N5/c1-23(2)10-9-20-15-6-4-14(5-7-15)18-21-16-8-3-13(12-19)11-17(16)22-18/h3-8,11,20H,9-10H2,1-2H3,(H,21,22). The summed E-state index contributed by atoms with van der Waals surface area (Å²) in [6.45, 7) is 1.90. The molecule has 116 valence electrons. The number of nitrogens with zero attached hydrogens (tertiary/aromatic N) is 3. The van der Waals surface area contributed by atoms with Crippen molar-refractivity contribution < 1.29 is 0 Å². The topological polar surface area (TPSA) is 67.7 Å². The second-order valence-electron chi connectivity index (χ2n) is 5.74. The fourth-order valence-electron chi connectivity index (χ4n) is 2.38. The van der Waals surface area contributed by atoms with Crippen molar-refractivity contribution in [1.82, 2.24) is 14.9 Å². The van der Waals surface area contributed by atoms with Gasteiger partial charge in [-0.25, -0.2) is 4.98 Å². The highest BCUT2D eigenvalue weighted by atomic mass is 15.1. The summed E-state index contributed by atoms with van der Waals surface area (Å²) in [5.74, 6) is 0.815. The fraction of sp³-hybridized carbons (Fsp3) is 0.222. The molecule has 0 bridgehead atoms. The largest absolute Gasteiger partial charge is 0.384 e. The first kappa shape index (κ1) is 15.1. The van der Waals surface area contributed by atoms with Crippen LogP contribution in [-0.4, -0.2) is 42.1 Å². The van der Waals surface area contributed by atoms with E-state index in [1.165, 1.54) is 0 Å². The molecule has 1 aromatic heterocycles. The summed E-state index contributed by atoms with van der Waals surface area (Å²) in [4.78, 5) is 10.0. The summed E-state index contributed by atoms with van der Waals surface area (Å²) in [5.41, 5.74) is 4.49. The minimum atomic E-state index is 0.621. The molecule has 23 heavy (non-hydrogen) atoms. The van der Waals surface area contributed by atoms with Gasteiger partial charge in [-0.15, -0.1) is 0 Å². The molecule has 0 amide bonds. The third kappa shape index (κ3) is 3.50. The van der Waals surface area contributed by atoms with E-state index >= 15 is 0 Å². The average molecular weight is 305 g/mol. The lowest BCUT2D eigenvalue weighted by Crippen LogP contribution is -2.20. The third-order valence-electron chi connectivity index (χ3n) is 3.66. The van der Waals surface area contributed by atoms with Crippen LogP contribution < -0.4 is 5.32 Å². The second kappa shape index (κ2) is 6.51. The van der Waals surface area contributed by atoms with E-state index in [-0.39, 0.29) is 0 Å². The highest BCUT2D eigenvalue weighted by Crippen LogP contribution is 2.22. The number of H-pyrrole nitrogens is 1. The molecule has 5 heteroatoms. The lowest BCUT2D eigenvalue weighted by atomic mass is 10.2. The lowest BCUT2D eigenvalue weighted by molar-refractivity contribution is 0.425. The van der Waals surface area contributed by atoms with Gasteiger partial charge in [-0.05, 0) is 56.6 Å². The van der Waals surface area contributed by atoms with Crippen LogP contribution >= 0.6 is 0 Å². The van der Waals surface area contributed by atoms with Crippen molar-refractivity contribution in [2.45, 2.75) is 0 Å². The first-order valence-electron chi connectivity index (χ1n) is 7.54. The molecule has 5 nitrogen and oxygen atoms in total. The number of nitriles is 1. The number of nitrogens with one attached hydrogen (secondary N) is 2. The van der Waals surface area contributed by atoms with E-state index in [0.717, 1.165) is 41.2 Å². The van der Waals surface area contributed by atoms with Gasteiger partial charge in [0.25, 0.3) is 0 Å². The van der Waals surface area contributed by atoms with Crippen LogP contribution in [0.15, 0.2) is 42.5 Å². The molecule has 0 radical (unpaired) electrons. The zero-order valence-corrected chi connectivity index (χ0v) is 13.3. The third-order valence-corrected chi connectivity index (χ3v) is 3.66. The van der Waals surface area contributed by atoms with Gasteiger partial charge in [0.2, 0.25) is 0 Å². The van der Waals surface area contributed by atoms with Crippen molar-refractivity contribution >= 4 is 16.7 Å². The van der Waals surface area contributed by atoms with Gasteiger partial charge in [0, 0.05) is 24.3 Å². The molecular weight excluding hydrogens is 286 g/mol. The Hall–Kier alpha value is -2.84. The summed E-state index contributed by atoms with van der Waals surface area (Å²) < 4.78 is 0. The molecule has 2 N–H and O–H groups in total. The monoisotopic (exact) mass is 305 g/mol. The maximum absolute atomic E-state index is 8.96. The maximum atomic E-state index is 8.96. The highest BCUT2D eigenvalue weighted by Gasteiger charge is 2.06. The molecule has 0 aliphatic rings. The molecule has 0 saturated carbocycles. The summed E-state index contributed by atoms with van der Waals surface area (Å²) in [6, 6.07) is 15.8. The molecule has 0 atom stereocenters. The van der Waals surface area contributed by atoms with Crippen LogP contribution in [0, 0.1) is 11.3 Å². The number of aromatic amines is 1. The number of likely N-dealkylation sites (N-methyl/N-ethyl adjacent to an activating group) is 1. The van der Waals surface area contributed by atoms with Crippen LogP contribution in [0.1, 0.15) is 5.56 Å². The van der Waals surface area contributed by atoms with Crippen molar-refractivity contribution in [3.05, 3.63) is 48.0 Å². The van der Waals surface area contributed by atoms with Gasteiger partial charge >= 0.3 is 0 Å². The van der Waals surface area contributed by atoms with E-state index < -0.39 is 0 Å². The van der Waals surface area contributed by atoms with E-state index in [2.05, 4.69) is 52.5 Å². The van der Waals surface area contributed by atoms with Crippen LogP contribution in [-0.2, 0) is 0 Å². The Kier molecular flexibility index (Phi) is 4.26. The van der Waals surface area contributed by atoms with Gasteiger partial charge in [-0.1, -0.05) is 0 Å². The first-order chi connectivity index (χ1) is 11.2. The quantitative estimate of drug-likeness (QED) is 0.760. The van der Waals surface area contributed by atoms with Crippen molar-refractivity contribution in [3.8, 4) is 17.5 Å². The minimum Gasteiger partial charge on any atom is -0.384 e. The van der Waals surface area contributed by atoms with E-state index in [4.69, 9.17) is 5.26 Å². The van der Waals surface area contributed by atoms with Crippen LogP contribution in [0.5, 0.6) is 0 Å². The number of rotatable bonds is 5.